The second-order valence-corrected chi connectivity index (χ2v) is 12.0. The molecule has 2 aromatic heterocycles. The first-order valence-electron chi connectivity index (χ1n) is 13.8. The van der Waals surface area contributed by atoms with Crippen molar-refractivity contribution in [3.8, 4) is 11.8 Å². The smallest absolute Gasteiger partial charge is 0.296 e. The zero-order valence-electron chi connectivity index (χ0n) is 23.6. The van der Waals surface area contributed by atoms with Crippen molar-refractivity contribution in [2.24, 2.45) is 7.05 Å². The maximum absolute atomic E-state index is 13.9. The van der Waals surface area contributed by atoms with Gasteiger partial charge in [0.1, 0.15) is 23.1 Å². The lowest BCUT2D eigenvalue weighted by molar-refractivity contribution is -0.113. The number of aromatic nitrogens is 3. The number of hydrogen-bond donors (Lipinski definition) is 0. The third-order valence-electron chi connectivity index (χ3n) is 7.80. The topological polar surface area (TPSA) is 96.3 Å². The van der Waals surface area contributed by atoms with Crippen LogP contribution in [0.2, 0.25) is 0 Å². The number of anilines is 2. The third-order valence-corrected chi connectivity index (χ3v) is 9.11. The Labute approximate surface area is 248 Å². The molecule has 0 N–H and O–H groups in total. The Morgan fingerprint density at radius 2 is 1.76 bits per heavy atom. The molecule has 9 nitrogen and oxygen atoms in total. The maximum Gasteiger partial charge on any atom is 0.296 e. The minimum Gasteiger partial charge on any atom is -0.357 e. The lowest BCUT2D eigenvalue weighted by Crippen LogP contribution is -2.34. The molecule has 212 valence electrons. The number of amides is 1. The second kappa shape index (κ2) is 11.5. The van der Waals surface area contributed by atoms with E-state index in [2.05, 4.69) is 17.9 Å². The summed E-state index contributed by atoms with van der Waals surface area (Å²) in [7, 11) is 1.77. The summed E-state index contributed by atoms with van der Waals surface area (Å²) in [6, 6.07) is 11.3. The van der Waals surface area contributed by atoms with E-state index in [1.165, 1.54) is 9.58 Å². The molecule has 0 saturated carbocycles. The van der Waals surface area contributed by atoms with Crippen LogP contribution in [0.15, 0.2) is 44.8 Å². The number of para-hydroxylation sites is 1. The van der Waals surface area contributed by atoms with Crippen molar-refractivity contribution in [2.45, 2.75) is 53.0 Å². The Morgan fingerprint density at radius 1 is 1.07 bits per heavy atom. The van der Waals surface area contributed by atoms with E-state index in [9.17, 15) is 19.6 Å². The molecule has 2 fully saturated rings. The van der Waals surface area contributed by atoms with E-state index in [-0.39, 0.29) is 26.7 Å². The Bertz CT molecular complexity index is 1740. The second-order valence-electron chi connectivity index (χ2n) is 10.3. The molecule has 0 bridgehead atoms. The largest absolute Gasteiger partial charge is 0.357 e. The van der Waals surface area contributed by atoms with Gasteiger partial charge in [0, 0.05) is 32.2 Å². The van der Waals surface area contributed by atoms with Gasteiger partial charge in [-0.15, -0.1) is 0 Å². The van der Waals surface area contributed by atoms with Gasteiger partial charge in [0.15, 0.2) is 4.32 Å². The monoisotopic (exact) mass is 588 g/mol. The molecule has 1 amide bonds. The number of carbonyl (C=O) groups excluding carboxylic acids is 1. The van der Waals surface area contributed by atoms with Gasteiger partial charge < -0.3 is 4.90 Å². The normalized spacial score (nSPS) is 16.3. The van der Waals surface area contributed by atoms with E-state index in [4.69, 9.17) is 12.2 Å². The van der Waals surface area contributed by atoms with Crippen LogP contribution >= 0.6 is 24.0 Å². The highest BCUT2D eigenvalue weighted by molar-refractivity contribution is 8.27. The first-order valence-corrected chi connectivity index (χ1v) is 15.0. The number of pyridine rings is 1. The predicted octanol–water partition coefficient (Wildman–Crippen LogP) is 4.63. The number of benzene rings is 1. The fourth-order valence-electron chi connectivity index (χ4n) is 5.54. The molecule has 2 aliphatic rings. The highest BCUT2D eigenvalue weighted by Gasteiger charge is 2.38. The molecule has 4 heterocycles. The highest BCUT2D eigenvalue weighted by atomic mass is 32.2. The molecular formula is C30H32N6O3S2. The van der Waals surface area contributed by atoms with Crippen molar-refractivity contribution in [2.75, 3.05) is 22.9 Å². The van der Waals surface area contributed by atoms with Gasteiger partial charge in [-0.25, -0.2) is 4.68 Å². The van der Waals surface area contributed by atoms with E-state index in [1.54, 1.807) is 36.2 Å². The van der Waals surface area contributed by atoms with E-state index < -0.39 is 5.91 Å². The number of nitrogens with zero attached hydrogens (tertiary/aromatic N) is 6. The SMILES string of the molecule is CCCCn1c(N2CCCC2)c(/C=C2\SC(=S)N(c3c(C)n(C)n(-c4ccccc4)c3=O)C2=O)c(C)c(C#N)c1=O. The zero-order valence-corrected chi connectivity index (χ0v) is 25.3. The van der Waals surface area contributed by atoms with Gasteiger partial charge in [0.05, 0.1) is 16.3 Å². The van der Waals surface area contributed by atoms with Gasteiger partial charge in [-0.2, -0.15) is 5.26 Å². The summed E-state index contributed by atoms with van der Waals surface area (Å²) in [5.41, 5.74) is 2.14. The van der Waals surface area contributed by atoms with Crippen molar-refractivity contribution in [3.63, 3.8) is 0 Å². The molecule has 0 atom stereocenters. The summed E-state index contributed by atoms with van der Waals surface area (Å²) in [6.45, 7) is 7.68. The van der Waals surface area contributed by atoms with Crippen LogP contribution in [0, 0.1) is 25.2 Å². The van der Waals surface area contributed by atoms with Gasteiger partial charge in [-0.1, -0.05) is 55.5 Å². The number of thiocarbonyl (C=S) groups is 1. The number of thioether (sulfide) groups is 1. The first-order chi connectivity index (χ1) is 19.7. The van der Waals surface area contributed by atoms with Crippen molar-refractivity contribution in [3.05, 3.63) is 78.3 Å². The first kappa shape index (κ1) is 28.6. The molecule has 11 heteroatoms. The number of hydrogen-bond acceptors (Lipinski definition) is 7. The summed E-state index contributed by atoms with van der Waals surface area (Å²) in [5.74, 6) is 0.340. The van der Waals surface area contributed by atoms with Crippen LogP contribution in [0.3, 0.4) is 0 Å². The van der Waals surface area contributed by atoms with Crippen molar-refractivity contribution >= 4 is 51.8 Å². The Balaban J connectivity index is 1.66. The Kier molecular flexibility index (Phi) is 8.07. The van der Waals surface area contributed by atoms with Crippen molar-refractivity contribution in [1.82, 2.24) is 13.9 Å². The molecule has 3 aromatic rings. The predicted molar refractivity (Wildman–Crippen MR) is 168 cm³/mol. The standard InChI is InChI=1S/C30H32N6O3S2/c1-5-6-16-34-26(33-14-10-11-15-33)22(19(2)23(18-31)27(34)37)17-24-28(38)35(30(40)41-24)25-20(3)32(4)36(29(25)39)21-12-8-7-9-13-21/h7-9,12-13,17H,5-6,10-11,14-16H2,1-4H3/b24-17-. The fraction of sp³-hybridized carbons (Fsp3) is 0.367. The maximum atomic E-state index is 13.9. The number of rotatable bonds is 7. The molecule has 5 rings (SSSR count). The van der Waals surface area contributed by atoms with Crippen molar-refractivity contribution < 1.29 is 4.79 Å². The van der Waals surface area contributed by atoms with Crippen LogP contribution in [0.25, 0.3) is 11.8 Å². The molecule has 41 heavy (non-hydrogen) atoms. The fourth-order valence-corrected chi connectivity index (χ4v) is 6.79. The molecule has 0 spiro atoms. The summed E-state index contributed by atoms with van der Waals surface area (Å²) in [5, 5.41) is 9.92. The lowest BCUT2D eigenvalue weighted by atomic mass is 10.0. The van der Waals surface area contributed by atoms with Gasteiger partial charge in [0.25, 0.3) is 17.0 Å². The van der Waals surface area contributed by atoms with E-state index in [0.717, 1.165) is 56.4 Å². The van der Waals surface area contributed by atoms with Gasteiger partial charge in [0.2, 0.25) is 0 Å². The van der Waals surface area contributed by atoms with E-state index >= 15 is 0 Å². The average Bonchev–Trinajstić information content (AvgIpc) is 3.64. The Hall–Kier alpha value is -3.88. The number of unbranched alkanes of at least 4 members (excludes halogenated alkanes) is 1. The van der Waals surface area contributed by atoms with Crippen LogP contribution in [0.1, 0.15) is 55.0 Å². The summed E-state index contributed by atoms with van der Waals surface area (Å²) < 4.78 is 5.19. The summed E-state index contributed by atoms with van der Waals surface area (Å²) in [6.07, 6.45) is 5.44. The Morgan fingerprint density at radius 3 is 2.39 bits per heavy atom. The molecule has 2 saturated heterocycles. The highest BCUT2D eigenvalue weighted by Crippen LogP contribution is 2.39. The van der Waals surface area contributed by atoms with Crippen LogP contribution < -0.4 is 20.9 Å². The van der Waals surface area contributed by atoms with Crippen LogP contribution in [0.5, 0.6) is 0 Å². The van der Waals surface area contributed by atoms with Crippen LogP contribution in [-0.2, 0) is 18.4 Å². The van der Waals surface area contributed by atoms with E-state index in [0.29, 0.717) is 34.0 Å². The average molecular weight is 589 g/mol. The summed E-state index contributed by atoms with van der Waals surface area (Å²) >= 11 is 6.78. The quantitative estimate of drug-likeness (QED) is 0.293. The van der Waals surface area contributed by atoms with Crippen LogP contribution in [-0.4, -0.2) is 37.2 Å². The van der Waals surface area contributed by atoms with Crippen LogP contribution in [0.4, 0.5) is 11.5 Å². The third kappa shape index (κ3) is 4.85. The molecule has 2 aliphatic heterocycles. The lowest BCUT2D eigenvalue weighted by Gasteiger charge is -2.27. The number of nitriles is 1. The van der Waals surface area contributed by atoms with Gasteiger partial charge in [-0.3, -0.25) is 28.5 Å². The number of carbonyl (C=O) groups is 1. The van der Waals surface area contributed by atoms with E-state index in [1.807, 2.05) is 30.3 Å². The minimum absolute atomic E-state index is 0.0791. The van der Waals surface area contributed by atoms with Crippen molar-refractivity contribution in [1.29, 1.82) is 5.26 Å². The van der Waals surface area contributed by atoms with Gasteiger partial charge in [-0.05, 0) is 56.9 Å². The molecular weight excluding hydrogens is 557 g/mol. The molecule has 1 aromatic carbocycles. The zero-order chi connectivity index (χ0) is 29.4. The minimum atomic E-state index is -0.400. The molecule has 0 unspecified atom stereocenters. The van der Waals surface area contributed by atoms with Gasteiger partial charge >= 0.3 is 0 Å². The molecule has 0 radical (unpaired) electrons. The molecule has 0 aliphatic carbocycles. The summed E-state index contributed by atoms with van der Waals surface area (Å²) in [4.78, 5) is 44.9.